The summed E-state index contributed by atoms with van der Waals surface area (Å²) in [7, 11) is 0. The number of esters is 2. The second-order valence-electron chi connectivity index (χ2n) is 18.2. The molecule has 0 amide bonds. The van der Waals surface area contributed by atoms with Gasteiger partial charge in [0, 0.05) is 12.8 Å². The number of ether oxygens (including phenoxy) is 2. The van der Waals surface area contributed by atoms with Gasteiger partial charge in [-0.2, -0.15) is 0 Å². The van der Waals surface area contributed by atoms with Crippen LogP contribution in [0.15, 0.2) is 194 Å². The number of rotatable bonds is 50. The molecular formula is C69H104O5. The van der Waals surface area contributed by atoms with Crippen molar-refractivity contribution in [3.63, 3.8) is 0 Å². The molecule has 0 saturated carbocycles. The van der Waals surface area contributed by atoms with Gasteiger partial charge in [0.1, 0.15) is 6.61 Å². The molecule has 410 valence electrons. The lowest BCUT2D eigenvalue weighted by molar-refractivity contribution is -0.161. The molecule has 0 aliphatic carbocycles. The second-order valence-corrected chi connectivity index (χ2v) is 18.2. The van der Waals surface area contributed by atoms with Crippen molar-refractivity contribution in [1.29, 1.82) is 0 Å². The highest BCUT2D eigenvalue weighted by Crippen LogP contribution is 2.12. The number of aliphatic hydroxyl groups excluding tert-OH is 1. The Balaban J connectivity index is 3.70. The van der Waals surface area contributed by atoms with Crippen LogP contribution in [0.3, 0.4) is 0 Å². The topological polar surface area (TPSA) is 72.8 Å². The third-order valence-electron chi connectivity index (χ3n) is 11.4. The van der Waals surface area contributed by atoms with Crippen LogP contribution >= 0.6 is 0 Å². The van der Waals surface area contributed by atoms with Crippen LogP contribution in [0.5, 0.6) is 0 Å². The molecule has 0 saturated heterocycles. The zero-order valence-corrected chi connectivity index (χ0v) is 46.8. The van der Waals surface area contributed by atoms with Gasteiger partial charge in [0.2, 0.25) is 0 Å². The summed E-state index contributed by atoms with van der Waals surface area (Å²) in [5.41, 5.74) is 0. The molecule has 5 nitrogen and oxygen atoms in total. The molecular weight excluding hydrogens is 909 g/mol. The maximum atomic E-state index is 12.3. The van der Waals surface area contributed by atoms with E-state index in [9.17, 15) is 14.7 Å². The number of carbonyl (C=O) groups excluding carboxylic acids is 2. The SMILES string of the molecule is CC/C=C\C/C=C\C/C=C\C/C=C\C/C=C\C/C=C\C/C=C\C/C=C\C/C=C\C/C=C\CCCCCCC(=O)OC(CO)COC(=O)CCCCCCCC/C=C\C/C=C\C/C=C\C/C=C\C/C=C\C/C=C\CC. The van der Waals surface area contributed by atoms with E-state index in [0.717, 1.165) is 161 Å². The fourth-order valence-corrected chi connectivity index (χ4v) is 7.11. The minimum Gasteiger partial charge on any atom is -0.462 e. The van der Waals surface area contributed by atoms with Gasteiger partial charge in [-0.15, -0.1) is 0 Å². The van der Waals surface area contributed by atoms with Gasteiger partial charge in [0.25, 0.3) is 0 Å². The highest BCUT2D eigenvalue weighted by Gasteiger charge is 2.16. The van der Waals surface area contributed by atoms with Crippen LogP contribution in [0.4, 0.5) is 0 Å². The van der Waals surface area contributed by atoms with Crippen molar-refractivity contribution in [1.82, 2.24) is 0 Å². The predicted molar refractivity (Wildman–Crippen MR) is 324 cm³/mol. The summed E-state index contributed by atoms with van der Waals surface area (Å²) in [5, 5.41) is 9.66. The van der Waals surface area contributed by atoms with Crippen LogP contribution in [0, 0.1) is 0 Å². The largest absolute Gasteiger partial charge is 0.462 e. The average Bonchev–Trinajstić information content (AvgIpc) is 3.40. The Bertz CT molecular complexity index is 1760. The highest BCUT2D eigenvalue weighted by molar-refractivity contribution is 5.70. The van der Waals surface area contributed by atoms with Crippen LogP contribution in [0.2, 0.25) is 0 Å². The minimum absolute atomic E-state index is 0.0989. The van der Waals surface area contributed by atoms with Crippen molar-refractivity contribution < 1.29 is 24.2 Å². The van der Waals surface area contributed by atoms with Crippen LogP contribution in [-0.2, 0) is 19.1 Å². The first-order chi connectivity index (χ1) is 36.6. The van der Waals surface area contributed by atoms with Gasteiger partial charge in [0.15, 0.2) is 6.10 Å². The predicted octanol–water partition coefficient (Wildman–Crippen LogP) is 20.1. The molecule has 0 aliphatic rings. The smallest absolute Gasteiger partial charge is 0.306 e. The first-order valence-electron chi connectivity index (χ1n) is 29.0. The summed E-state index contributed by atoms with van der Waals surface area (Å²) < 4.78 is 10.7. The van der Waals surface area contributed by atoms with Gasteiger partial charge >= 0.3 is 11.9 Å². The van der Waals surface area contributed by atoms with E-state index in [1.165, 1.54) is 19.3 Å². The molecule has 74 heavy (non-hydrogen) atoms. The lowest BCUT2D eigenvalue weighted by atomic mass is 10.1. The average molecular weight is 1010 g/mol. The Hall–Kier alpha value is -5.26. The van der Waals surface area contributed by atoms with Crippen molar-refractivity contribution in [3.05, 3.63) is 194 Å². The van der Waals surface area contributed by atoms with Gasteiger partial charge in [-0.1, -0.05) is 247 Å². The number of allylic oxidation sites excluding steroid dienone is 32. The summed E-state index contributed by atoms with van der Waals surface area (Å²) >= 11 is 0. The summed E-state index contributed by atoms with van der Waals surface area (Å²) in [6, 6.07) is 0. The molecule has 0 radical (unpaired) electrons. The van der Waals surface area contributed by atoms with Crippen LogP contribution in [0.25, 0.3) is 0 Å². The van der Waals surface area contributed by atoms with Gasteiger partial charge in [0.05, 0.1) is 6.61 Å². The Morgan fingerprint density at radius 1 is 0.311 bits per heavy atom. The second kappa shape index (κ2) is 62.0. The van der Waals surface area contributed by atoms with Crippen molar-refractivity contribution >= 4 is 11.9 Å². The van der Waals surface area contributed by atoms with Gasteiger partial charge in [-0.3, -0.25) is 9.59 Å². The van der Waals surface area contributed by atoms with Crippen LogP contribution in [-0.4, -0.2) is 36.4 Å². The summed E-state index contributed by atoms with van der Waals surface area (Å²) in [6.45, 7) is 3.86. The van der Waals surface area contributed by atoms with Crippen LogP contribution in [0.1, 0.15) is 206 Å². The Morgan fingerprint density at radius 2 is 0.541 bits per heavy atom. The number of aliphatic hydroxyl groups is 1. The van der Waals surface area contributed by atoms with Crippen molar-refractivity contribution in [3.8, 4) is 0 Å². The molecule has 0 aliphatic heterocycles. The maximum absolute atomic E-state index is 12.3. The Morgan fingerprint density at radius 3 is 0.811 bits per heavy atom. The minimum atomic E-state index is -0.810. The third kappa shape index (κ3) is 59.3. The number of unbranched alkanes of at least 4 members (excludes halogenated alkanes) is 10. The first-order valence-corrected chi connectivity index (χ1v) is 29.0. The summed E-state index contributed by atoms with van der Waals surface area (Å²) in [4.78, 5) is 24.5. The van der Waals surface area contributed by atoms with Gasteiger partial charge in [-0.25, -0.2) is 0 Å². The number of carbonyl (C=O) groups is 2. The lowest BCUT2D eigenvalue weighted by Gasteiger charge is -2.15. The monoisotopic (exact) mass is 1010 g/mol. The van der Waals surface area contributed by atoms with E-state index >= 15 is 0 Å². The maximum Gasteiger partial charge on any atom is 0.306 e. The normalized spacial score (nSPS) is 13.7. The van der Waals surface area contributed by atoms with E-state index in [-0.39, 0.29) is 25.2 Å². The molecule has 0 spiro atoms. The third-order valence-corrected chi connectivity index (χ3v) is 11.4. The molecule has 1 atom stereocenters. The van der Waals surface area contributed by atoms with E-state index in [1.807, 2.05) is 0 Å². The summed E-state index contributed by atoms with van der Waals surface area (Å²) in [5.74, 6) is -0.654. The lowest BCUT2D eigenvalue weighted by Crippen LogP contribution is -2.28. The molecule has 1 unspecified atom stereocenters. The van der Waals surface area contributed by atoms with Gasteiger partial charge in [-0.05, 0) is 141 Å². The van der Waals surface area contributed by atoms with E-state index < -0.39 is 6.10 Å². The molecule has 0 bridgehead atoms. The number of hydrogen-bond donors (Lipinski definition) is 1. The number of hydrogen-bond acceptors (Lipinski definition) is 5. The fraction of sp³-hybridized carbons (Fsp3) is 0.507. The van der Waals surface area contributed by atoms with Crippen molar-refractivity contribution in [2.75, 3.05) is 13.2 Å². The molecule has 5 heteroatoms. The molecule has 0 aromatic rings. The van der Waals surface area contributed by atoms with Crippen LogP contribution < -0.4 is 0 Å². The Kier molecular flexibility index (Phi) is 57.6. The van der Waals surface area contributed by atoms with E-state index in [0.29, 0.717) is 12.8 Å². The fourth-order valence-electron chi connectivity index (χ4n) is 7.11. The molecule has 1 N–H and O–H groups in total. The molecule has 0 rings (SSSR count). The zero-order chi connectivity index (χ0) is 53.4. The molecule has 0 fully saturated rings. The highest BCUT2D eigenvalue weighted by atomic mass is 16.6. The molecule has 0 aromatic heterocycles. The van der Waals surface area contributed by atoms with Gasteiger partial charge < -0.3 is 14.6 Å². The molecule has 0 heterocycles. The zero-order valence-electron chi connectivity index (χ0n) is 46.8. The van der Waals surface area contributed by atoms with Crippen molar-refractivity contribution in [2.45, 2.75) is 213 Å². The Labute approximate surface area is 454 Å². The first kappa shape index (κ1) is 68.7. The van der Waals surface area contributed by atoms with E-state index in [1.54, 1.807) is 0 Å². The standard InChI is InChI=1S/C69H104O5/c1-3-5-7-9-11-13-15-17-19-21-23-25-27-29-30-31-32-33-34-35-36-37-38-40-42-44-46-48-50-52-54-56-58-60-62-64-69(72)74-67(65-70)66-73-68(71)63-61-59-57-55-53-51-49-47-45-43-41-39-28-26-24-22-20-18-16-14-12-10-8-6-4-2/h5-8,11-14,17-20,23-26,29-30,32-33,35-36,38-41,44-47,50,52,67,70H,3-4,9-10,15-16,21-22,27-28,31,34,37,42-43,48-49,51,53-66H2,1-2H3/b7-5-,8-6-,13-11-,14-12-,19-17-,20-18-,25-23-,26-24-,30-29-,33-32-,36-35-,40-38-,41-39-,46-44-,47-45-,52-50-. The summed E-state index contributed by atoms with van der Waals surface area (Å²) in [6.07, 6.45) is 99.6. The van der Waals surface area contributed by atoms with Crippen molar-refractivity contribution in [2.24, 2.45) is 0 Å². The van der Waals surface area contributed by atoms with E-state index in [4.69, 9.17) is 9.47 Å². The van der Waals surface area contributed by atoms with E-state index in [2.05, 4.69) is 208 Å². The quantitative estimate of drug-likeness (QED) is 0.0373. The molecule has 0 aromatic carbocycles.